The summed E-state index contributed by atoms with van der Waals surface area (Å²) in [4.78, 5) is 19.3. The van der Waals surface area contributed by atoms with Crippen molar-refractivity contribution in [3.8, 4) is 11.8 Å². The minimum absolute atomic E-state index is 0. The van der Waals surface area contributed by atoms with Crippen molar-refractivity contribution in [2.75, 3.05) is 42.6 Å². The van der Waals surface area contributed by atoms with E-state index in [4.69, 9.17) is 28.6 Å². The zero-order valence-corrected chi connectivity index (χ0v) is 24.0. The molecule has 2 heterocycles. The normalized spacial score (nSPS) is 19.5. The van der Waals surface area contributed by atoms with Crippen LogP contribution in [-0.2, 0) is 11.2 Å². The molecule has 0 spiro atoms. The minimum Gasteiger partial charge on any atom is -0.492 e. The van der Waals surface area contributed by atoms with Crippen LogP contribution in [0.4, 0.5) is 11.4 Å². The lowest BCUT2D eigenvalue weighted by molar-refractivity contribution is -0.120. The molecule has 2 aromatic carbocycles. The summed E-state index contributed by atoms with van der Waals surface area (Å²) < 4.78 is 6.18. The van der Waals surface area contributed by atoms with Crippen molar-refractivity contribution in [3.63, 3.8) is 0 Å². The molecule has 37 heavy (non-hydrogen) atoms. The van der Waals surface area contributed by atoms with Gasteiger partial charge >= 0.3 is 0 Å². The van der Waals surface area contributed by atoms with E-state index in [9.17, 15) is 10.1 Å². The monoisotopic (exact) mass is 561 g/mol. The molecule has 10 heteroatoms. The number of halogens is 2. The third kappa shape index (κ3) is 5.87. The molecule has 0 aromatic heterocycles. The largest absolute Gasteiger partial charge is 0.492 e. The van der Waals surface area contributed by atoms with E-state index >= 15 is 0 Å². The first-order valence-electron chi connectivity index (χ1n) is 12.3. The second kappa shape index (κ2) is 12.0. The molecule has 0 bridgehead atoms. The Kier molecular flexibility index (Phi) is 9.43. The van der Waals surface area contributed by atoms with Crippen LogP contribution >= 0.6 is 36.2 Å². The smallest absolute Gasteiger partial charge is 0.259 e. The third-order valence-electron chi connectivity index (χ3n) is 6.80. The number of ether oxygens (including phenoxy) is 1. The summed E-state index contributed by atoms with van der Waals surface area (Å²) in [6.45, 7) is 12.6. The van der Waals surface area contributed by atoms with Crippen LogP contribution in [0, 0.1) is 11.3 Å². The zero-order valence-electron chi connectivity index (χ0n) is 21.6. The SMILES string of the molecule is CCc1cc(N2C(=S)N(c3ccc(C#N)c(Cl)c3)C(=O)C2(C)C)ccc1OCCN1CCN[C@H](C)C1.Cl. The third-order valence-corrected chi connectivity index (χ3v) is 7.48. The van der Waals surface area contributed by atoms with Crippen LogP contribution in [-0.4, -0.2) is 60.3 Å². The Morgan fingerprint density at radius 2 is 1.97 bits per heavy atom. The number of carbonyl (C=O) groups excluding carboxylic acids is 1. The number of nitrogens with one attached hydrogen (secondary N) is 1. The Balaban J connectivity index is 0.00000380. The van der Waals surface area contributed by atoms with E-state index in [2.05, 4.69) is 30.1 Å². The Morgan fingerprint density at radius 1 is 1.24 bits per heavy atom. The molecule has 1 atom stereocenters. The van der Waals surface area contributed by atoms with Gasteiger partial charge in [-0.2, -0.15) is 5.26 Å². The van der Waals surface area contributed by atoms with Crippen LogP contribution in [0.1, 0.15) is 38.8 Å². The highest BCUT2D eigenvalue weighted by Crippen LogP contribution is 2.38. The van der Waals surface area contributed by atoms with Gasteiger partial charge in [-0.05, 0) is 81.4 Å². The molecule has 1 amide bonds. The number of nitriles is 1. The second-order valence-corrected chi connectivity index (χ2v) is 10.5. The van der Waals surface area contributed by atoms with E-state index in [1.54, 1.807) is 18.2 Å². The van der Waals surface area contributed by atoms with Crippen molar-refractivity contribution in [1.82, 2.24) is 10.2 Å². The van der Waals surface area contributed by atoms with E-state index < -0.39 is 5.54 Å². The lowest BCUT2D eigenvalue weighted by Gasteiger charge is -2.32. The molecule has 0 saturated carbocycles. The number of hydrogen-bond acceptors (Lipinski definition) is 6. The predicted molar refractivity (Wildman–Crippen MR) is 155 cm³/mol. The van der Waals surface area contributed by atoms with Crippen molar-refractivity contribution in [2.24, 2.45) is 0 Å². The quantitative estimate of drug-likeness (QED) is 0.487. The van der Waals surface area contributed by atoms with Crippen molar-refractivity contribution in [1.29, 1.82) is 5.26 Å². The molecule has 2 aliphatic heterocycles. The number of carbonyl (C=O) groups is 1. The maximum atomic E-state index is 13.5. The molecule has 198 valence electrons. The summed E-state index contributed by atoms with van der Waals surface area (Å²) >= 11 is 12.0. The Labute approximate surface area is 235 Å². The molecule has 0 unspecified atom stereocenters. The number of amides is 1. The van der Waals surface area contributed by atoms with Gasteiger partial charge in [-0.15, -0.1) is 12.4 Å². The molecule has 0 radical (unpaired) electrons. The van der Waals surface area contributed by atoms with Gasteiger partial charge in [0, 0.05) is 37.9 Å². The number of benzene rings is 2. The first-order chi connectivity index (χ1) is 17.2. The van der Waals surface area contributed by atoms with Gasteiger partial charge < -0.3 is 15.0 Å². The van der Waals surface area contributed by atoms with Gasteiger partial charge in [0.2, 0.25) is 0 Å². The molecule has 2 fully saturated rings. The van der Waals surface area contributed by atoms with Crippen LogP contribution in [0.5, 0.6) is 5.75 Å². The van der Waals surface area contributed by atoms with Crippen LogP contribution in [0.2, 0.25) is 5.02 Å². The lowest BCUT2D eigenvalue weighted by Crippen LogP contribution is -2.50. The van der Waals surface area contributed by atoms with Crippen LogP contribution in [0.25, 0.3) is 0 Å². The summed E-state index contributed by atoms with van der Waals surface area (Å²) in [6, 6.07) is 13.4. The minimum atomic E-state index is -0.899. The highest BCUT2D eigenvalue weighted by Gasteiger charge is 2.50. The predicted octanol–water partition coefficient (Wildman–Crippen LogP) is 4.79. The van der Waals surface area contributed by atoms with Crippen molar-refractivity contribution >= 4 is 58.6 Å². The zero-order chi connectivity index (χ0) is 26.0. The highest BCUT2D eigenvalue weighted by molar-refractivity contribution is 7.81. The van der Waals surface area contributed by atoms with Gasteiger partial charge in [-0.3, -0.25) is 14.6 Å². The molecule has 7 nitrogen and oxygen atoms in total. The molecule has 2 aromatic rings. The average molecular weight is 563 g/mol. The molecule has 0 aliphatic carbocycles. The molecule has 2 aliphatic rings. The number of anilines is 2. The number of piperazine rings is 1. The molecular weight excluding hydrogens is 529 g/mol. The number of hydrogen-bond donors (Lipinski definition) is 1. The fourth-order valence-corrected chi connectivity index (χ4v) is 5.55. The maximum Gasteiger partial charge on any atom is 0.259 e. The van der Waals surface area contributed by atoms with E-state index in [1.807, 2.05) is 36.9 Å². The van der Waals surface area contributed by atoms with Crippen molar-refractivity contribution < 1.29 is 9.53 Å². The van der Waals surface area contributed by atoms with Crippen LogP contribution in [0.3, 0.4) is 0 Å². The van der Waals surface area contributed by atoms with E-state index in [0.717, 1.165) is 49.6 Å². The lowest BCUT2D eigenvalue weighted by atomic mass is 10.0. The fraction of sp³-hybridized carbons (Fsp3) is 0.444. The first-order valence-corrected chi connectivity index (χ1v) is 13.1. The Hall–Kier alpha value is -2.41. The summed E-state index contributed by atoms with van der Waals surface area (Å²) in [5.41, 5.74) is 1.89. The number of thiocarbonyl (C=S) groups is 1. The van der Waals surface area contributed by atoms with Gasteiger partial charge in [-0.1, -0.05) is 18.5 Å². The molecule has 1 N–H and O–H groups in total. The standard InChI is InChI=1S/C27H32ClN5O2S.ClH/c1-5-19-14-22(8-9-24(19)35-13-12-31-11-10-30-18(2)17-31)33-26(36)32(25(34)27(33,3)4)21-7-6-20(16-29)23(28)15-21;/h6-9,14-15,18,30H,5,10-13,17H2,1-4H3;1H/t18-;/m1./s1. The fourth-order valence-electron chi connectivity index (χ4n) is 4.81. The van der Waals surface area contributed by atoms with Crippen LogP contribution < -0.4 is 19.9 Å². The molecule has 4 rings (SSSR count). The van der Waals surface area contributed by atoms with Gasteiger partial charge in [0.05, 0.1) is 16.3 Å². The molecule has 2 saturated heterocycles. The average Bonchev–Trinajstić information content (AvgIpc) is 3.02. The summed E-state index contributed by atoms with van der Waals surface area (Å²) in [6.07, 6.45) is 0.789. The second-order valence-electron chi connectivity index (χ2n) is 9.74. The van der Waals surface area contributed by atoms with Gasteiger partial charge in [-0.25, -0.2) is 0 Å². The number of nitrogens with zero attached hydrogens (tertiary/aromatic N) is 4. The Bertz CT molecular complexity index is 1220. The van der Waals surface area contributed by atoms with Gasteiger partial charge in [0.25, 0.3) is 5.91 Å². The first kappa shape index (κ1) is 29.2. The van der Waals surface area contributed by atoms with E-state index in [-0.39, 0.29) is 23.3 Å². The Morgan fingerprint density at radius 3 is 2.62 bits per heavy atom. The number of rotatable bonds is 7. The van der Waals surface area contributed by atoms with Gasteiger partial charge in [0.1, 0.15) is 24.0 Å². The number of aryl methyl sites for hydroxylation is 1. The summed E-state index contributed by atoms with van der Waals surface area (Å²) in [7, 11) is 0. The summed E-state index contributed by atoms with van der Waals surface area (Å²) in [5.74, 6) is 0.700. The van der Waals surface area contributed by atoms with E-state index in [1.165, 1.54) is 4.90 Å². The summed E-state index contributed by atoms with van der Waals surface area (Å²) in [5, 5.41) is 13.3. The molecular formula is C27H33Cl2N5O2S. The van der Waals surface area contributed by atoms with E-state index in [0.29, 0.717) is 29.0 Å². The van der Waals surface area contributed by atoms with Crippen molar-refractivity contribution in [3.05, 3.63) is 52.5 Å². The van der Waals surface area contributed by atoms with Crippen molar-refractivity contribution in [2.45, 2.75) is 45.7 Å². The maximum absolute atomic E-state index is 13.5. The van der Waals surface area contributed by atoms with Crippen LogP contribution in [0.15, 0.2) is 36.4 Å². The highest BCUT2D eigenvalue weighted by atomic mass is 35.5. The van der Waals surface area contributed by atoms with Gasteiger partial charge in [0.15, 0.2) is 5.11 Å². The topological polar surface area (TPSA) is 71.8 Å².